The van der Waals surface area contributed by atoms with Crippen molar-refractivity contribution in [2.45, 2.75) is 50.7 Å². The Kier molecular flexibility index (Phi) is 5.72. The van der Waals surface area contributed by atoms with Gasteiger partial charge < -0.3 is 19.9 Å². The number of urea groups is 1. The zero-order chi connectivity index (χ0) is 23.1. The fourth-order valence-corrected chi connectivity index (χ4v) is 5.90. The fourth-order valence-electron chi connectivity index (χ4n) is 5.90. The molecule has 176 valence electrons. The Bertz CT molecular complexity index is 964. The second kappa shape index (κ2) is 8.68. The number of ether oxygens (including phenoxy) is 1. The molecule has 9 nitrogen and oxygen atoms in total. The van der Waals surface area contributed by atoms with Crippen molar-refractivity contribution in [3.63, 3.8) is 0 Å². The first-order valence-electron chi connectivity index (χ1n) is 11.7. The number of methoxy groups -OCH3 is 1. The molecule has 0 aliphatic carbocycles. The molecular formula is C24H30N4O5. The highest BCUT2D eigenvalue weighted by molar-refractivity contribution is 6.05. The highest BCUT2D eigenvalue weighted by atomic mass is 16.5. The van der Waals surface area contributed by atoms with E-state index in [4.69, 9.17) is 4.74 Å². The Labute approximate surface area is 193 Å². The van der Waals surface area contributed by atoms with Crippen LogP contribution in [0.3, 0.4) is 0 Å². The number of hydrogen-bond acceptors (Lipinski definition) is 5. The van der Waals surface area contributed by atoms with Crippen LogP contribution in [0.4, 0.5) is 4.79 Å². The highest BCUT2D eigenvalue weighted by Gasteiger charge is 2.46. The number of rotatable bonds is 5. The van der Waals surface area contributed by atoms with Crippen LogP contribution in [-0.2, 0) is 20.9 Å². The maximum absolute atomic E-state index is 13.1. The van der Waals surface area contributed by atoms with Gasteiger partial charge in [0.05, 0.1) is 20.1 Å². The van der Waals surface area contributed by atoms with Crippen molar-refractivity contribution in [3.8, 4) is 5.75 Å². The van der Waals surface area contributed by atoms with E-state index in [0.717, 1.165) is 36.3 Å². The van der Waals surface area contributed by atoms with Gasteiger partial charge in [0.15, 0.2) is 0 Å². The van der Waals surface area contributed by atoms with Gasteiger partial charge in [0.1, 0.15) is 11.8 Å². The summed E-state index contributed by atoms with van der Waals surface area (Å²) in [6.07, 6.45) is 3.57. The number of nitrogens with zero attached hydrogens (tertiary/aromatic N) is 3. The molecule has 1 aromatic rings. The second-order valence-corrected chi connectivity index (χ2v) is 9.64. The van der Waals surface area contributed by atoms with Crippen LogP contribution in [0.2, 0.25) is 0 Å². The lowest BCUT2D eigenvalue weighted by Crippen LogP contribution is -2.61. The number of amides is 5. The molecule has 0 aromatic heterocycles. The molecule has 2 unspecified atom stereocenters. The van der Waals surface area contributed by atoms with Crippen molar-refractivity contribution in [2.75, 3.05) is 26.7 Å². The van der Waals surface area contributed by atoms with E-state index in [-0.39, 0.29) is 42.6 Å². The van der Waals surface area contributed by atoms with Gasteiger partial charge in [-0.25, -0.2) is 4.79 Å². The molecule has 4 heterocycles. The number of carbonyl (C=O) groups is 4. The lowest BCUT2D eigenvalue weighted by atomic mass is 9.76. The van der Waals surface area contributed by atoms with E-state index in [1.54, 1.807) is 19.2 Å². The summed E-state index contributed by atoms with van der Waals surface area (Å²) < 4.78 is 5.14. The van der Waals surface area contributed by atoms with Gasteiger partial charge in [-0.1, -0.05) is 12.1 Å². The summed E-state index contributed by atoms with van der Waals surface area (Å²) in [6, 6.07) is 6.10. The van der Waals surface area contributed by atoms with Crippen molar-refractivity contribution < 1.29 is 23.9 Å². The molecule has 4 aliphatic rings. The second-order valence-electron chi connectivity index (χ2n) is 9.64. The van der Waals surface area contributed by atoms with Crippen LogP contribution in [0.5, 0.6) is 5.75 Å². The zero-order valence-electron chi connectivity index (χ0n) is 18.9. The predicted octanol–water partition coefficient (Wildman–Crippen LogP) is 1.37. The van der Waals surface area contributed by atoms with Gasteiger partial charge in [-0.05, 0) is 48.8 Å². The molecule has 4 saturated heterocycles. The minimum absolute atomic E-state index is 0.0313. The fraction of sp³-hybridized carbons (Fsp3) is 0.583. The van der Waals surface area contributed by atoms with E-state index in [1.807, 2.05) is 21.9 Å². The first-order chi connectivity index (χ1) is 15.9. The van der Waals surface area contributed by atoms with Crippen molar-refractivity contribution in [1.82, 2.24) is 20.0 Å². The summed E-state index contributed by atoms with van der Waals surface area (Å²) >= 11 is 0. The van der Waals surface area contributed by atoms with E-state index >= 15 is 0 Å². The number of piperidine rings is 3. The molecule has 2 bridgehead atoms. The summed E-state index contributed by atoms with van der Waals surface area (Å²) in [5.41, 5.74) is 0.807. The highest BCUT2D eigenvalue weighted by Crippen LogP contribution is 2.38. The molecule has 0 saturated carbocycles. The standard InChI is InChI=1S/C24H30N4O5/c1-33-18-7-5-15(6-8-18)12-28-23(31)19(25-24(28)32)10-22(30)26-11-16-9-17(14-26)20-3-2-4-21(29)27(20)13-16/h5-8,16-17,19-20H,2-4,9-14H2,1H3,(H,25,32)/t16-,17+,19?,20?/m1/s1. The molecular weight excluding hydrogens is 424 g/mol. The zero-order valence-corrected chi connectivity index (χ0v) is 18.9. The quantitative estimate of drug-likeness (QED) is 0.678. The van der Waals surface area contributed by atoms with Crippen LogP contribution >= 0.6 is 0 Å². The smallest absolute Gasteiger partial charge is 0.325 e. The summed E-state index contributed by atoms with van der Waals surface area (Å²) in [4.78, 5) is 55.8. The number of benzene rings is 1. The lowest BCUT2D eigenvalue weighted by Gasteiger charge is -2.52. The third-order valence-electron chi connectivity index (χ3n) is 7.52. The molecule has 1 aromatic carbocycles. The maximum Gasteiger partial charge on any atom is 0.325 e. The molecule has 1 N–H and O–H groups in total. The Morgan fingerprint density at radius 3 is 2.67 bits per heavy atom. The Balaban J connectivity index is 1.20. The van der Waals surface area contributed by atoms with Crippen molar-refractivity contribution in [3.05, 3.63) is 29.8 Å². The topological polar surface area (TPSA) is 99.3 Å². The summed E-state index contributed by atoms with van der Waals surface area (Å²) in [5, 5.41) is 2.68. The van der Waals surface area contributed by atoms with E-state index in [1.165, 1.54) is 0 Å². The third kappa shape index (κ3) is 4.16. The van der Waals surface area contributed by atoms with Gasteiger partial charge in [0.25, 0.3) is 5.91 Å². The maximum atomic E-state index is 13.1. The molecule has 4 atom stereocenters. The molecule has 5 amide bonds. The molecule has 4 aliphatic heterocycles. The normalized spacial score (nSPS) is 29.1. The van der Waals surface area contributed by atoms with Crippen LogP contribution < -0.4 is 10.1 Å². The van der Waals surface area contributed by atoms with Gasteiger partial charge in [-0.2, -0.15) is 0 Å². The monoisotopic (exact) mass is 454 g/mol. The molecule has 0 spiro atoms. The molecule has 4 fully saturated rings. The summed E-state index contributed by atoms with van der Waals surface area (Å²) in [6.45, 7) is 2.10. The van der Waals surface area contributed by atoms with Crippen molar-refractivity contribution >= 4 is 23.8 Å². The van der Waals surface area contributed by atoms with Crippen LogP contribution in [0.25, 0.3) is 0 Å². The molecule has 0 radical (unpaired) electrons. The van der Waals surface area contributed by atoms with E-state index in [9.17, 15) is 19.2 Å². The number of nitrogens with one attached hydrogen (secondary N) is 1. The van der Waals surface area contributed by atoms with Crippen LogP contribution in [0.1, 0.15) is 37.7 Å². The van der Waals surface area contributed by atoms with Gasteiger partial charge >= 0.3 is 6.03 Å². The summed E-state index contributed by atoms with van der Waals surface area (Å²) in [5.74, 6) is 1.05. The van der Waals surface area contributed by atoms with Crippen LogP contribution in [0.15, 0.2) is 24.3 Å². The minimum Gasteiger partial charge on any atom is -0.497 e. The van der Waals surface area contributed by atoms with E-state index in [0.29, 0.717) is 31.2 Å². The van der Waals surface area contributed by atoms with Crippen molar-refractivity contribution in [2.24, 2.45) is 11.8 Å². The number of likely N-dealkylation sites (tertiary alicyclic amines) is 1. The SMILES string of the molecule is COc1ccc(CN2C(=O)NC(CC(=O)N3C[C@H]4C[C@@H](C3)C3CCCC(=O)N3C4)C2=O)cc1. The molecule has 5 rings (SSSR count). The number of imide groups is 1. The first kappa shape index (κ1) is 21.7. The lowest BCUT2D eigenvalue weighted by molar-refractivity contribution is -0.149. The van der Waals surface area contributed by atoms with E-state index in [2.05, 4.69) is 5.32 Å². The predicted molar refractivity (Wildman–Crippen MR) is 118 cm³/mol. The molecule has 9 heteroatoms. The average Bonchev–Trinajstić information content (AvgIpc) is 3.07. The largest absolute Gasteiger partial charge is 0.497 e. The van der Waals surface area contributed by atoms with Gasteiger partial charge in [-0.15, -0.1) is 0 Å². The number of hydrogen-bond donors (Lipinski definition) is 1. The third-order valence-corrected chi connectivity index (χ3v) is 7.52. The van der Waals surface area contributed by atoms with Crippen LogP contribution in [-0.4, -0.2) is 77.3 Å². The minimum atomic E-state index is -0.835. The van der Waals surface area contributed by atoms with Crippen LogP contribution in [0, 0.1) is 11.8 Å². The van der Waals surface area contributed by atoms with Crippen molar-refractivity contribution in [1.29, 1.82) is 0 Å². The summed E-state index contributed by atoms with van der Waals surface area (Å²) in [7, 11) is 1.58. The van der Waals surface area contributed by atoms with Gasteiger partial charge in [-0.3, -0.25) is 19.3 Å². The van der Waals surface area contributed by atoms with E-state index < -0.39 is 12.1 Å². The average molecular weight is 455 g/mol. The van der Waals surface area contributed by atoms with Gasteiger partial charge in [0.2, 0.25) is 11.8 Å². The molecule has 33 heavy (non-hydrogen) atoms. The number of carbonyl (C=O) groups excluding carboxylic acids is 4. The Hall–Kier alpha value is -3.10. The Morgan fingerprint density at radius 2 is 1.91 bits per heavy atom. The number of fused-ring (bicyclic) bond motifs is 4. The Morgan fingerprint density at radius 1 is 1.12 bits per heavy atom. The first-order valence-corrected chi connectivity index (χ1v) is 11.7. The van der Waals surface area contributed by atoms with Gasteiger partial charge in [0, 0.05) is 32.1 Å².